The van der Waals surface area contributed by atoms with Gasteiger partial charge in [-0.25, -0.2) is 0 Å². The molecule has 2 amide bonds. The molecule has 1 rings (SSSR count). The highest BCUT2D eigenvalue weighted by Crippen LogP contribution is 2.14. The minimum absolute atomic E-state index is 0.0421. The number of carbonyl (C=O) groups excluding carboxylic acids is 2. The van der Waals surface area contributed by atoms with E-state index in [1.807, 2.05) is 45.0 Å². The van der Waals surface area contributed by atoms with Gasteiger partial charge in [-0.05, 0) is 45.0 Å². The predicted octanol–water partition coefficient (Wildman–Crippen LogP) is 1.48. The first kappa shape index (κ1) is 17.8. The van der Waals surface area contributed by atoms with Gasteiger partial charge in [-0.2, -0.15) is 0 Å². The van der Waals surface area contributed by atoms with Crippen LogP contribution in [-0.2, 0) is 9.59 Å². The molecule has 0 aliphatic heterocycles. The summed E-state index contributed by atoms with van der Waals surface area (Å²) >= 11 is 0. The van der Waals surface area contributed by atoms with Crippen LogP contribution in [0.25, 0.3) is 0 Å². The molecule has 2 N–H and O–H groups in total. The number of hydrogen-bond donors (Lipinski definition) is 2. The third-order valence-electron chi connectivity index (χ3n) is 2.85. The van der Waals surface area contributed by atoms with Crippen LogP contribution in [0.15, 0.2) is 24.3 Å². The summed E-state index contributed by atoms with van der Waals surface area (Å²) in [5.41, 5.74) is 0.518. The number of hydrogen-bond acceptors (Lipinski definition) is 4. The molecule has 122 valence electrons. The van der Waals surface area contributed by atoms with Crippen LogP contribution in [-0.4, -0.2) is 49.5 Å². The molecule has 0 heterocycles. The van der Waals surface area contributed by atoms with Gasteiger partial charge in [0, 0.05) is 18.3 Å². The largest absolute Gasteiger partial charge is 0.497 e. The highest BCUT2D eigenvalue weighted by molar-refractivity contribution is 5.86. The summed E-state index contributed by atoms with van der Waals surface area (Å²) in [6, 6.07) is 7.29. The van der Waals surface area contributed by atoms with Crippen LogP contribution >= 0.6 is 0 Å². The standard InChI is InChI=1S/C16H25N3O3/c1-16(2,3)18-14(20)11-19(4)15(21)10-17-12-6-8-13(22-5)9-7-12/h6-9,17H,10-11H2,1-5H3,(H,18,20). The zero-order chi connectivity index (χ0) is 16.8. The van der Waals surface area contributed by atoms with E-state index in [-0.39, 0.29) is 30.4 Å². The molecule has 0 aromatic heterocycles. The Morgan fingerprint density at radius 1 is 1.18 bits per heavy atom. The average molecular weight is 307 g/mol. The summed E-state index contributed by atoms with van der Waals surface area (Å²) in [6.07, 6.45) is 0. The Hall–Kier alpha value is -2.24. The molecule has 0 saturated carbocycles. The molecule has 1 aromatic carbocycles. The number of nitrogens with zero attached hydrogens (tertiary/aromatic N) is 1. The SMILES string of the molecule is COc1ccc(NCC(=O)N(C)CC(=O)NC(C)(C)C)cc1. The van der Waals surface area contributed by atoms with Gasteiger partial charge >= 0.3 is 0 Å². The highest BCUT2D eigenvalue weighted by Gasteiger charge is 2.17. The fourth-order valence-corrected chi connectivity index (χ4v) is 1.78. The summed E-state index contributed by atoms with van der Waals surface area (Å²) in [5.74, 6) is 0.431. The minimum atomic E-state index is -0.303. The number of ether oxygens (including phenoxy) is 1. The van der Waals surface area contributed by atoms with Crippen molar-refractivity contribution in [3.63, 3.8) is 0 Å². The van der Waals surface area contributed by atoms with Crippen LogP contribution in [0.2, 0.25) is 0 Å². The minimum Gasteiger partial charge on any atom is -0.497 e. The summed E-state index contributed by atoms with van der Waals surface area (Å²) in [6.45, 7) is 5.87. The second-order valence-electron chi connectivity index (χ2n) is 6.13. The monoisotopic (exact) mass is 307 g/mol. The Kier molecular flexibility index (Phi) is 6.22. The molecule has 6 nitrogen and oxygen atoms in total. The number of carbonyl (C=O) groups is 2. The average Bonchev–Trinajstić information content (AvgIpc) is 2.43. The van der Waals surface area contributed by atoms with E-state index < -0.39 is 0 Å². The van der Waals surface area contributed by atoms with E-state index in [0.717, 1.165) is 11.4 Å². The van der Waals surface area contributed by atoms with Crippen molar-refractivity contribution in [1.29, 1.82) is 0 Å². The lowest BCUT2D eigenvalue weighted by Crippen LogP contribution is -2.47. The maximum Gasteiger partial charge on any atom is 0.242 e. The molecule has 0 bridgehead atoms. The van der Waals surface area contributed by atoms with Crippen LogP contribution in [0.4, 0.5) is 5.69 Å². The van der Waals surface area contributed by atoms with Crippen molar-refractivity contribution in [2.75, 3.05) is 32.6 Å². The Morgan fingerprint density at radius 3 is 2.27 bits per heavy atom. The van der Waals surface area contributed by atoms with Crippen molar-refractivity contribution < 1.29 is 14.3 Å². The predicted molar refractivity (Wildman–Crippen MR) is 87.0 cm³/mol. The molecular weight excluding hydrogens is 282 g/mol. The molecule has 0 aliphatic carbocycles. The Bertz CT molecular complexity index is 506. The molecule has 0 fully saturated rings. The molecule has 22 heavy (non-hydrogen) atoms. The lowest BCUT2D eigenvalue weighted by atomic mass is 10.1. The maximum absolute atomic E-state index is 12.0. The van der Waals surface area contributed by atoms with Crippen molar-refractivity contribution in [3.05, 3.63) is 24.3 Å². The van der Waals surface area contributed by atoms with Crippen LogP contribution in [0.3, 0.4) is 0 Å². The Balaban J connectivity index is 2.42. The Morgan fingerprint density at radius 2 is 1.77 bits per heavy atom. The van der Waals surface area contributed by atoms with Crippen molar-refractivity contribution in [3.8, 4) is 5.75 Å². The molecular formula is C16H25N3O3. The second-order valence-corrected chi connectivity index (χ2v) is 6.13. The van der Waals surface area contributed by atoms with Gasteiger partial charge in [0.15, 0.2) is 0 Å². The zero-order valence-corrected chi connectivity index (χ0v) is 13.9. The van der Waals surface area contributed by atoms with Crippen molar-refractivity contribution in [2.45, 2.75) is 26.3 Å². The molecule has 1 aromatic rings. The lowest BCUT2D eigenvalue weighted by Gasteiger charge is -2.23. The normalized spacial score (nSPS) is 10.8. The van der Waals surface area contributed by atoms with Crippen molar-refractivity contribution in [2.24, 2.45) is 0 Å². The quantitative estimate of drug-likeness (QED) is 0.835. The van der Waals surface area contributed by atoms with Gasteiger partial charge in [0.25, 0.3) is 0 Å². The number of rotatable bonds is 6. The van der Waals surface area contributed by atoms with Crippen LogP contribution < -0.4 is 15.4 Å². The second kappa shape index (κ2) is 7.68. The summed E-state index contributed by atoms with van der Waals surface area (Å²) in [5, 5.41) is 5.84. The number of likely N-dealkylation sites (N-methyl/N-ethyl adjacent to an activating group) is 1. The van der Waals surface area contributed by atoms with Gasteiger partial charge < -0.3 is 20.3 Å². The third-order valence-corrected chi connectivity index (χ3v) is 2.85. The third kappa shape index (κ3) is 6.47. The van der Waals surface area contributed by atoms with Gasteiger partial charge in [0.2, 0.25) is 11.8 Å². The topological polar surface area (TPSA) is 70.7 Å². The van der Waals surface area contributed by atoms with Crippen molar-refractivity contribution >= 4 is 17.5 Å². The molecule has 0 aliphatic rings. The van der Waals surface area contributed by atoms with Gasteiger partial charge in [-0.1, -0.05) is 0 Å². The highest BCUT2D eigenvalue weighted by atomic mass is 16.5. The van der Waals surface area contributed by atoms with E-state index in [0.29, 0.717) is 0 Å². The molecule has 6 heteroatoms. The summed E-state index contributed by atoms with van der Waals surface area (Å²) < 4.78 is 5.07. The van der Waals surface area contributed by atoms with Gasteiger partial charge in [-0.15, -0.1) is 0 Å². The van der Waals surface area contributed by atoms with E-state index in [2.05, 4.69) is 10.6 Å². The molecule has 0 spiro atoms. The number of methoxy groups -OCH3 is 1. The molecule has 0 atom stereocenters. The van der Waals surface area contributed by atoms with E-state index >= 15 is 0 Å². The first-order chi connectivity index (χ1) is 10.2. The van der Waals surface area contributed by atoms with E-state index in [4.69, 9.17) is 4.74 Å². The van der Waals surface area contributed by atoms with Gasteiger partial charge in [0.05, 0.1) is 20.2 Å². The van der Waals surface area contributed by atoms with E-state index in [9.17, 15) is 9.59 Å². The maximum atomic E-state index is 12.0. The van der Waals surface area contributed by atoms with Gasteiger partial charge in [-0.3, -0.25) is 9.59 Å². The summed E-state index contributed by atoms with van der Waals surface area (Å²) in [4.78, 5) is 25.2. The number of amides is 2. The summed E-state index contributed by atoms with van der Waals surface area (Å²) in [7, 11) is 3.21. The fraction of sp³-hybridized carbons (Fsp3) is 0.500. The van der Waals surface area contributed by atoms with Crippen LogP contribution in [0, 0.1) is 0 Å². The van der Waals surface area contributed by atoms with Crippen molar-refractivity contribution in [1.82, 2.24) is 10.2 Å². The van der Waals surface area contributed by atoms with Crippen LogP contribution in [0.1, 0.15) is 20.8 Å². The smallest absolute Gasteiger partial charge is 0.242 e. The lowest BCUT2D eigenvalue weighted by molar-refractivity contribution is -0.133. The fourth-order valence-electron chi connectivity index (χ4n) is 1.78. The first-order valence-corrected chi connectivity index (χ1v) is 7.14. The molecule has 0 radical (unpaired) electrons. The Labute approximate surface area is 131 Å². The number of anilines is 1. The molecule has 0 unspecified atom stereocenters. The number of benzene rings is 1. The zero-order valence-electron chi connectivity index (χ0n) is 13.9. The number of nitrogens with one attached hydrogen (secondary N) is 2. The van der Waals surface area contributed by atoms with Gasteiger partial charge in [0.1, 0.15) is 5.75 Å². The first-order valence-electron chi connectivity index (χ1n) is 7.14. The van der Waals surface area contributed by atoms with E-state index in [1.165, 1.54) is 4.90 Å². The van der Waals surface area contributed by atoms with Crippen LogP contribution in [0.5, 0.6) is 5.75 Å². The van der Waals surface area contributed by atoms with E-state index in [1.54, 1.807) is 14.2 Å². The molecule has 0 saturated heterocycles.